The highest BCUT2D eigenvalue weighted by molar-refractivity contribution is 5.82. The Morgan fingerprint density at radius 3 is 2.82 bits per heavy atom. The van der Waals surface area contributed by atoms with Crippen LogP contribution in [-0.2, 0) is 13.0 Å². The van der Waals surface area contributed by atoms with Gasteiger partial charge in [-0.15, -0.1) is 0 Å². The standard InChI is InChI=1S/C19H21NO2/c1-2-8-20-10-13-4-3-5-15-17(13)14(11-20)9-12-6-7-16(21)19(22)18(12)15/h3-7,14,21-22H,2,8-11H2,1H3/t14-/m1/s1. The average Bonchev–Trinajstić information content (AvgIpc) is 2.51. The van der Waals surface area contributed by atoms with Gasteiger partial charge in [0.05, 0.1) is 0 Å². The first-order chi connectivity index (χ1) is 10.7. The molecule has 1 aliphatic carbocycles. The normalized spacial score (nSPS) is 19.6. The molecule has 0 fully saturated rings. The molecule has 0 unspecified atom stereocenters. The Labute approximate surface area is 130 Å². The maximum absolute atomic E-state index is 10.3. The van der Waals surface area contributed by atoms with Gasteiger partial charge in [0.25, 0.3) is 0 Å². The van der Waals surface area contributed by atoms with Crippen LogP contribution < -0.4 is 0 Å². The van der Waals surface area contributed by atoms with Gasteiger partial charge >= 0.3 is 0 Å². The fourth-order valence-electron chi connectivity index (χ4n) is 4.17. The third-order valence-corrected chi connectivity index (χ3v) is 5.00. The minimum Gasteiger partial charge on any atom is -0.504 e. The van der Waals surface area contributed by atoms with Gasteiger partial charge in [-0.2, -0.15) is 0 Å². The summed E-state index contributed by atoms with van der Waals surface area (Å²) in [5.41, 5.74) is 5.83. The molecule has 0 bridgehead atoms. The second kappa shape index (κ2) is 5.03. The molecule has 3 nitrogen and oxygen atoms in total. The number of phenolic OH excluding ortho intramolecular Hbond substituents is 2. The van der Waals surface area contributed by atoms with Gasteiger partial charge in [-0.1, -0.05) is 31.2 Å². The summed E-state index contributed by atoms with van der Waals surface area (Å²) in [7, 11) is 0. The number of aromatic hydroxyl groups is 2. The van der Waals surface area contributed by atoms with E-state index < -0.39 is 0 Å². The summed E-state index contributed by atoms with van der Waals surface area (Å²) in [5, 5.41) is 20.2. The van der Waals surface area contributed by atoms with Crippen molar-refractivity contribution in [2.45, 2.75) is 32.2 Å². The van der Waals surface area contributed by atoms with E-state index in [1.807, 2.05) is 6.07 Å². The van der Waals surface area contributed by atoms with E-state index in [4.69, 9.17) is 0 Å². The number of phenols is 2. The molecule has 1 aliphatic heterocycles. The largest absolute Gasteiger partial charge is 0.504 e. The van der Waals surface area contributed by atoms with E-state index in [9.17, 15) is 10.2 Å². The molecule has 0 saturated carbocycles. The van der Waals surface area contributed by atoms with Gasteiger partial charge in [0, 0.05) is 24.6 Å². The number of benzene rings is 2. The molecule has 0 aromatic heterocycles. The highest BCUT2D eigenvalue weighted by Crippen LogP contribution is 2.49. The molecule has 2 aromatic rings. The van der Waals surface area contributed by atoms with E-state index in [-0.39, 0.29) is 11.5 Å². The van der Waals surface area contributed by atoms with Crippen LogP contribution in [0.2, 0.25) is 0 Å². The highest BCUT2D eigenvalue weighted by atomic mass is 16.3. The van der Waals surface area contributed by atoms with Gasteiger partial charge in [0.2, 0.25) is 0 Å². The van der Waals surface area contributed by atoms with Crippen molar-refractivity contribution in [1.82, 2.24) is 4.90 Å². The summed E-state index contributed by atoms with van der Waals surface area (Å²) in [6.07, 6.45) is 2.11. The zero-order chi connectivity index (χ0) is 15.3. The zero-order valence-electron chi connectivity index (χ0n) is 12.8. The van der Waals surface area contributed by atoms with Crippen LogP contribution in [0.15, 0.2) is 30.3 Å². The van der Waals surface area contributed by atoms with E-state index in [1.54, 1.807) is 6.07 Å². The van der Waals surface area contributed by atoms with Crippen molar-refractivity contribution in [3.63, 3.8) is 0 Å². The molecule has 2 aromatic carbocycles. The molecule has 1 atom stereocenters. The van der Waals surface area contributed by atoms with Crippen molar-refractivity contribution >= 4 is 0 Å². The molecule has 22 heavy (non-hydrogen) atoms. The third-order valence-electron chi connectivity index (χ3n) is 5.00. The van der Waals surface area contributed by atoms with Crippen LogP contribution in [0.3, 0.4) is 0 Å². The predicted octanol–water partition coefficient (Wildman–Crippen LogP) is 3.63. The van der Waals surface area contributed by atoms with Crippen LogP contribution in [0, 0.1) is 0 Å². The molecule has 0 saturated heterocycles. The van der Waals surface area contributed by atoms with Crippen molar-refractivity contribution in [2.75, 3.05) is 13.1 Å². The molecule has 4 rings (SSSR count). The average molecular weight is 295 g/mol. The lowest BCUT2D eigenvalue weighted by atomic mass is 9.74. The lowest BCUT2D eigenvalue weighted by Gasteiger charge is -2.39. The quantitative estimate of drug-likeness (QED) is 0.832. The first kappa shape index (κ1) is 13.6. The summed E-state index contributed by atoms with van der Waals surface area (Å²) in [5.74, 6) is 0.488. The van der Waals surface area contributed by atoms with E-state index in [0.717, 1.165) is 42.7 Å². The molecule has 1 heterocycles. The van der Waals surface area contributed by atoms with Gasteiger partial charge < -0.3 is 10.2 Å². The van der Waals surface area contributed by atoms with Crippen molar-refractivity contribution < 1.29 is 10.2 Å². The molecule has 0 spiro atoms. The Hall–Kier alpha value is -2.00. The smallest absolute Gasteiger partial charge is 0.165 e. The van der Waals surface area contributed by atoms with Gasteiger partial charge in [-0.05, 0) is 47.7 Å². The minimum atomic E-state index is -0.0294. The van der Waals surface area contributed by atoms with Gasteiger partial charge in [0.15, 0.2) is 11.5 Å². The molecular formula is C19H21NO2. The summed E-state index contributed by atoms with van der Waals surface area (Å²) in [6.45, 7) is 5.43. The molecule has 0 radical (unpaired) electrons. The fourth-order valence-corrected chi connectivity index (χ4v) is 4.17. The lowest BCUT2D eigenvalue weighted by Crippen LogP contribution is -2.36. The van der Waals surface area contributed by atoms with Crippen molar-refractivity contribution in [3.8, 4) is 22.6 Å². The second-order valence-electron chi connectivity index (χ2n) is 6.48. The summed E-state index contributed by atoms with van der Waals surface area (Å²) < 4.78 is 0. The van der Waals surface area contributed by atoms with Crippen LogP contribution in [0.25, 0.3) is 11.1 Å². The van der Waals surface area contributed by atoms with Crippen LogP contribution in [0.5, 0.6) is 11.5 Å². The van der Waals surface area contributed by atoms with Gasteiger partial charge in [-0.25, -0.2) is 0 Å². The SMILES string of the molecule is CCCN1Cc2cccc3c2[C@H](Cc2ccc(O)c(O)c2-3)C1. The Balaban J connectivity index is 1.89. The maximum Gasteiger partial charge on any atom is 0.165 e. The van der Waals surface area contributed by atoms with E-state index in [0.29, 0.717) is 5.92 Å². The van der Waals surface area contributed by atoms with Crippen LogP contribution in [0.4, 0.5) is 0 Å². The molecular weight excluding hydrogens is 274 g/mol. The number of fused-ring (bicyclic) bond motifs is 2. The number of rotatable bonds is 2. The Kier molecular flexibility index (Phi) is 3.12. The van der Waals surface area contributed by atoms with Crippen LogP contribution >= 0.6 is 0 Å². The Morgan fingerprint density at radius 2 is 2.00 bits per heavy atom. The van der Waals surface area contributed by atoms with Crippen molar-refractivity contribution in [2.24, 2.45) is 0 Å². The monoisotopic (exact) mass is 295 g/mol. The summed E-state index contributed by atoms with van der Waals surface area (Å²) in [6, 6.07) is 9.92. The van der Waals surface area contributed by atoms with Gasteiger partial charge in [0.1, 0.15) is 0 Å². The minimum absolute atomic E-state index is 0.0281. The maximum atomic E-state index is 10.3. The van der Waals surface area contributed by atoms with Crippen molar-refractivity contribution in [1.29, 1.82) is 0 Å². The van der Waals surface area contributed by atoms with E-state index in [1.165, 1.54) is 17.5 Å². The first-order valence-electron chi connectivity index (χ1n) is 8.07. The number of hydrogen-bond acceptors (Lipinski definition) is 3. The first-order valence-corrected chi connectivity index (χ1v) is 8.07. The molecule has 114 valence electrons. The number of hydrogen-bond donors (Lipinski definition) is 2. The number of nitrogens with zero attached hydrogens (tertiary/aromatic N) is 1. The fraction of sp³-hybridized carbons (Fsp3) is 0.368. The summed E-state index contributed by atoms with van der Waals surface area (Å²) in [4.78, 5) is 2.53. The third kappa shape index (κ3) is 1.92. The lowest BCUT2D eigenvalue weighted by molar-refractivity contribution is 0.229. The second-order valence-corrected chi connectivity index (χ2v) is 6.48. The summed E-state index contributed by atoms with van der Waals surface area (Å²) >= 11 is 0. The van der Waals surface area contributed by atoms with Crippen LogP contribution in [-0.4, -0.2) is 28.2 Å². The predicted molar refractivity (Wildman–Crippen MR) is 87.2 cm³/mol. The van der Waals surface area contributed by atoms with Crippen LogP contribution in [0.1, 0.15) is 36.0 Å². The van der Waals surface area contributed by atoms with Gasteiger partial charge in [-0.3, -0.25) is 4.90 Å². The Bertz CT molecular complexity index is 738. The molecule has 0 amide bonds. The molecule has 2 N–H and O–H groups in total. The highest BCUT2D eigenvalue weighted by Gasteiger charge is 2.33. The zero-order valence-corrected chi connectivity index (χ0v) is 12.8. The Morgan fingerprint density at radius 1 is 1.14 bits per heavy atom. The topological polar surface area (TPSA) is 43.7 Å². The van der Waals surface area contributed by atoms with E-state index in [2.05, 4.69) is 30.0 Å². The van der Waals surface area contributed by atoms with E-state index >= 15 is 0 Å². The molecule has 2 aliphatic rings. The molecule has 3 heteroatoms. The van der Waals surface area contributed by atoms with Crippen molar-refractivity contribution in [3.05, 3.63) is 47.0 Å².